The second kappa shape index (κ2) is 7.63. The summed E-state index contributed by atoms with van der Waals surface area (Å²) >= 11 is 0. The molecule has 0 aromatic heterocycles. The van der Waals surface area contributed by atoms with E-state index in [1.165, 1.54) is 0 Å². The quantitative estimate of drug-likeness (QED) is 0.810. The zero-order valence-electron chi connectivity index (χ0n) is 16.2. The highest BCUT2D eigenvalue weighted by Crippen LogP contribution is 2.42. The lowest BCUT2D eigenvalue weighted by Crippen LogP contribution is -2.39. The Labute approximate surface area is 171 Å². The molecule has 29 heavy (non-hydrogen) atoms. The fourth-order valence-corrected chi connectivity index (χ4v) is 5.71. The van der Waals surface area contributed by atoms with Crippen LogP contribution in [0.1, 0.15) is 30.7 Å². The summed E-state index contributed by atoms with van der Waals surface area (Å²) in [6, 6.07) is 12.0. The Balaban J connectivity index is 1.38. The molecule has 6 nitrogen and oxygen atoms in total. The van der Waals surface area contributed by atoms with Crippen molar-refractivity contribution in [3.8, 4) is 11.5 Å². The van der Waals surface area contributed by atoms with Gasteiger partial charge in [0.2, 0.25) is 9.84 Å². The first-order valence-electron chi connectivity index (χ1n) is 10.2. The summed E-state index contributed by atoms with van der Waals surface area (Å²) in [4.78, 5) is 0.471. The Bertz CT molecular complexity index is 1000. The number of ether oxygens (including phenoxy) is 3. The molecule has 3 aliphatic heterocycles. The van der Waals surface area contributed by atoms with Crippen molar-refractivity contribution in [3.63, 3.8) is 0 Å². The minimum Gasteiger partial charge on any atom is -0.491 e. The first kappa shape index (κ1) is 18.9. The summed E-state index contributed by atoms with van der Waals surface area (Å²) in [5.74, 6) is 1.57. The fraction of sp³-hybridized carbons (Fsp3) is 0.455. The number of sulfone groups is 1. The summed E-state index contributed by atoms with van der Waals surface area (Å²) in [5, 5.41) is 3.33. The lowest BCUT2D eigenvalue weighted by Gasteiger charge is -2.24. The largest absolute Gasteiger partial charge is 0.491 e. The molecule has 154 valence electrons. The molecule has 2 fully saturated rings. The monoisotopic (exact) mass is 415 g/mol. The van der Waals surface area contributed by atoms with Crippen LogP contribution in [-0.4, -0.2) is 46.9 Å². The third-order valence-corrected chi connectivity index (χ3v) is 7.72. The van der Waals surface area contributed by atoms with E-state index in [1.54, 1.807) is 36.4 Å². The Hall–Kier alpha value is -2.09. The van der Waals surface area contributed by atoms with Gasteiger partial charge in [0.05, 0.1) is 15.9 Å². The van der Waals surface area contributed by atoms with Gasteiger partial charge in [0, 0.05) is 24.6 Å². The molecule has 5 rings (SSSR count). The molecule has 2 aromatic carbocycles. The van der Waals surface area contributed by atoms with E-state index >= 15 is 0 Å². The first-order valence-corrected chi connectivity index (χ1v) is 11.7. The van der Waals surface area contributed by atoms with Gasteiger partial charge in [0.1, 0.15) is 24.2 Å². The molecule has 3 atom stereocenters. The van der Waals surface area contributed by atoms with E-state index in [2.05, 4.69) is 5.32 Å². The summed E-state index contributed by atoms with van der Waals surface area (Å²) < 4.78 is 43.8. The van der Waals surface area contributed by atoms with Gasteiger partial charge >= 0.3 is 0 Å². The number of piperidine rings is 1. The maximum atomic E-state index is 13.2. The minimum atomic E-state index is -3.66. The smallest absolute Gasteiger partial charge is 0.206 e. The molecule has 0 saturated carbocycles. The van der Waals surface area contributed by atoms with Gasteiger partial charge in [-0.05, 0) is 56.1 Å². The van der Waals surface area contributed by atoms with Crippen LogP contribution in [0.4, 0.5) is 0 Å². The molecular formula is C22H25NO5S. The highest BCUT2D eigenvalue weighted by molar-refractivity contribution is 7.91. The van der Waals surface area contributed by atoms with Gasteiger partial charge in [-0.2, -0.15) is 0 Å². The van der Waals surface area contributed by atoms with E-state index in [0.29, 0.717) is 24.0 Å². The van der Waals surface area contributed by atoms with Crippen molar-refractivity contribution in [1.29, 1.82) is 0 Å². The van der Waals surface area contributed by atoms with E-state index in [1.807, 2.05) is 6.07 Å². The molecule has 3 unspecified atom stereocenters. The van der Waals surface area contributed by atoms with E-state index in [-0.39, 0.29) is 22.0 Å². The Morgan fingerprint density at radius 3 is 2.86 bits per heavy atom. The summed E-state index contributed by atoms with van der Waals surface area (Å²) in [7, 11) is -3.66. The molecule has 2 aromatic rings. The van der Waals surface area contributed by atoms with Crippen LogP contribution in [-0.2, 0) is 14.6 Å². The summed E-state index contributed by atoms with van der Waals surface area (Å²) in [5.41, 5.74) is 1.11. The van der Waals surface area contributed by atoms with Crippen molar-refractivity contribution >= 4 is 9.84 Å². The maximum absolute atomic E-state index is 13.2. The topological polar surface area (TPSA) is 73.9 Å². The second-order valence-corrected chi connectivity index (χ2v) is 9.83. The van der Waals surface area contributed by atoms with Crippen molar-refractivity contribution in [2.45, 2.75) is 47.2 Å². The minimum absolute atomic E-state index is 0.0853. The molecular weight excluding hydrogens is 390 g/mol. The zero-order valence-corrected chi connectivity index (χ0v) is 17.0. The maximum Gasteiger partial charge on any atom is 0.206 e. The van der Waals surface area contributed by atoms with Gasteiger partial charge in [-0.15, -0.1) is 0 Å². The van der Waals surface area contributed by atoms with Crippen molar-refractivity contribution in [2.24, 2.45) is 0 Å². The van der Waals surface area contributed by atoms with Crippen LogP contribution in [0.25, 0.3) is 0 Å². The van der Waals surface area contributed by atoms with Gasteiger partial charge in [0.15, 0.2) is 0 Å². The number of hydrogen-bond donors (Lipinski definition) is 1. The van der Waals surface area contributed by atoms with Crippen LogP contribution in [0.3, 0.4) is 0 Å². The van der Waals surface area contributed by atoms with E-state index in [9.17, 15) is 8.42 Å². The summed E-state index contributed by atoms with van der Waals surface area (Å²) in [6.45, 7) is 2.96. The first-order chi connectivity index (χ1) is 14.1. The van der Waals surface area contributed by atoms with Crippen LogP contribution in [0.15, 0.2) is 52.3 Å². The fourth-order valence-electron chi connectivity index (χ4n) is 4.40. The SMILES string of the molecule is O=S(=O)(c1cccc(OCC2CCCO2)c1)c1ccc2c(c1)OC1CNCCC21. The Morgan fingerprint density at radius 2 is 2.00 bits per heavy atom. The van der Waals surface area contributed by atoms with Crippen molar-refractivity contribution < 1.29 is 22.6 Å². The van der Waals surface area contributed by atoms with Gasteiger partial charge in [-0.1, -0.05) is 12.1 Å². The third-order valence-electron chi connectivity index (χ3n) is 5.98. The molecule has 0 bridgehead atoms. The van der Waals surface area contributed by atoms with Crippen molar-refractivity contribution in [3.05, 3.63) is 48.0 Å². The van der Waals surface area contributed by atoms with Crippen LogP contribution < -0.4 is 14.8 Å². The third kappa shape index (κ3) is 3.63. The predicted molar refractivity (Wildman–Crippen MR) is 107 cm³/mol. The van der Waals surface area contributed by atoms with Crippen molar-refractivity contribution in [2.75, 3.05) is 26.3 Å². The van der Waals surface area contributed by atoms with E-state index in [4.69, 9.17) is 14.2 Å². The van der Waals surface area contributed by atoms with Gasteiger partial charge in [-0.25, -0.2) is 8.42 Å². The van der Waals surface area contributed by atoms with Crippen molar-refractivity contribution in [1.82, 2.24) is 5.32 Å². The number of fused-ring (bicyclic) bond motifs is 3. The molecule has 3 heterocycles. The highest BCUT2D eigenvalue weighted by atomic mass is 32.2. The van der Waals surface area contributed by atoms with Gasteiger partial charge in [-0.3, -0.25) is 0 Å². The van der Waals surface area contributed by atoms with Crippen LogP contribution >= 0.6 is 0 Å². The lowest BCUT2D eigenvalue weighted by atomic mass is 9.90. The van der Waals surface area contributed by atoms with E-state index < -0.39 is 9.84 Å². The van der Waals surface area contributed by atoms with Crippen LogP contribution in [0, 0.1) is 0 Å². The summed E-state index contributed by atoms with van der Waals surface area (Å²) in [6.07, 6.45) is 3.20. The lowest BCUT2D eigenvalue weighted by molar-refractivity contribution is 0.0679. The Morgan fingerprint density at radius 1 is 1.10 bits per heavy atom. The number of benzene rings is 2. The molecule has 7 heteroatoms. The van der Waals surface area contributed by atoms with Gasteiger partial charge in [0.25, 0.3) is 0 Å². The second-order valence-electron chi connectivity index (χ2n) is 7.88. The average molecular weight is 416 g/mol. The normalized spacial score (nSPS) is 25.9. The molecule has 2 saturated heterocycles. The molecule has 3 aliphatic rings. The molecule has 0 spiro atoms. The molecule has 1 N–H and O–H groups in total. The number of hydrogen-bond acceptors (Lipinski definition) is 6. The van der Waals surface area contributed by atoms with E-state index in [0.717, 1.165) is 44.5 Å². The van der Waals surface area contributed by atoms with Gasteiger partial charge < -0.3 is 19.5 Å². The average Bonchev–Trinajstić information content (AvgIpc) is 3.39. The Kier molecular flexibility index (Phi) is 4.97. The van der Waals surface area contributed by atoms with Crippen LogP contribution in [0.5, 0.6) is 11.5 Å². The highest BCUT2D eigenvalue weighted by Gasteiger charge is 2.36. The number of rotatable bonds is 5. The van der Waals surface area contributed by atoms with Crippen LogP contribution in [0.2, 0.25) is 0 Å². The molecule has 0 amide bonds. The predicted octanol–water partition coefficient (Wildman–Crippen LogP) is 2.92. The molecule has 0 aliphatic carbocycles. The number of nitrogens with one attached hydrogen (secondary N) is 1. The standard InChI is InChI=1S/C22H25NO5S/c24-29(25,17-5-1-3-15(11-17)27-14-16-4-2-10-26-16)18-6-7-19-20-8-9-23-13-22(20)28-21(19)12-18/h1,3,5-7,11-12,16,20,22-23H,2,4,8-10,13-14H2. The zero-order chi connectivity index (χ0) is 19.8. The molecule has 0 radical (unpaired) electrons.